The van der Waals surface area contributed by atoms with E-state index in [4.69, 9.17) is 0 Å². The quantitative estimate of drug-likeness (QED) is 0.479. The molecule has 0 amide bonds. The Kier molecular flexibility index (Phi) is 3.42. The van der Waals surface area contributed by atoms with Crippen LogP contribution in [0.3, 0.4) is 0 Å². The number of fused-ring (bicyclic) bond motifs is 1. The Hall–Kier alpha value is -4.01. The van der Waals surface area contributed by atoms with Gasteiger partial charge in [-0.2, -0.15) is 10.2 Å². The van der Waals surface area contributed by atoms with Crippen LogP contribution in [0.1, 0.15) is 0 Å². The molecule has 0 fully saturated rings. The average Bonchev–Trinajstić information content (AvgIpc) is 3.43. The number of rotatable bonds is 4. The number of hydrogen-bond donors (Lipinski definition) is 2. The van der Waals surface area contributed by atoms with Gasteiger partial charge in [0.1, 0.15) is 12.7 Å². The molecule has 0 aliphatic heterocycles. The van der Waals surface area contributed by atoms with E-state index in [9.17, 15) is 0 Å². The molecule has 0 spiro atoms. The van der Waals surface area contributed by atoms with Crippen LogP contribution in [0, 0.1) is 0 Å². The summed E-state index contributed by atoms with van der Waals surface area (Å²) in [6.45, 7) is 0. The summed E-state index contributed by atoms with van der Waals surface area (Å²) in [6.07, 6.45) is 12.6. The molecule has 4 heterocycles. The summed E-state index contributed by atoms with van der Waals surface area (Å²) >= 11 is 0. The Balaban J connectivity index is 1.48. The summed E-state index contributed by atoms with van der Waals surface area (Å²) < 4.78 is 5.62. The van der Waals surface area contributed by atoms with Gasteiger partial charge in [-0.15, -0.1) is 4.68 Å². The number of nitrogens with one attached hydrogen (secondary N) is 2. The van der Waals surface area contributed by atoms with Gasteiger partial charge in [0.15, 0.2) is 18.5 Å². The fraction of sp³-hybridized carbons (Fsp3) is 0.0556. The second-order valence-corrected chi connectivity index (χ2v) is 6.09. The van der Waals surface area contributed by atoms with Crippen LogP contribution in [0.25, 0.3) is 22.6 Å². The van der Waals surface area contributed by atoms with Crippen molar-refractivity contribution in [1.29, 1.82) is 0 Å². The number of aromatic nitrogens is 8. The molecule has 0 radical (unpaired) electrons. The minimum atomic E-state index is 0.692. The Morgan fingerprint density at radius 1 is 1.15 bits per heavy atom. The summed E-state index contributed by atoms with van der Waals surface area (Å²) in [5.41, 5.74) is 4.66. The second kappa shape index (κ2) is 6.06. The number of aromatic amines is 1. The molecule has 1 aromatic carbocycles. The van der Waals surface area contributed by atoms with Crippen molar-refractivity contribution in [3.63, 3.8) is 0 Å². The van der Waals surface area contributed by atoms with E-state index in [1.54, 1.807) is 17.2 Å². The van der Waals surface area contributed by atoms with Crippen molar-refractivity contribution in [2.75, 3.05) is 5.32 Å². The van der Waals surface area contributed by atoms with Crippen molar-refractivity contribution in [2.24, 2.45) is 7.05 Å². The van der Waals surface area contributed by atoms with E-state index in [-0.39, 0.29) is 0 Å². The largest absolute Gasteiger partial charge is 0.337 e. The Morgan fingerprint density at radius 2 is 2.04 bits per heavy atom. The van der Waals surface area contributed by atoms with Crippen LogP contribution in [-0.4, -0.2) is 34.2 Å². The van der Waals surface area contributed by atoms with E-state index in [0.717, 1.165) is 28.3 Å². The highest BCUT2D eigenvalue weighted by Gasteiger charge is 2.13. The molecule has 0 aliphatic carbocycles. The molecule has 0 atom stereocenters. The minimum Gasteiger partial charge on any atom is -0.337 e. The summed E-state index contributed by atoms with van der Waals surface area (Å²) in [7, 11) is 1.95. The maximum Gasteiger partial charge on any atom is 0.204 e. The number of imidazole rings is 1. The van der Waals surface area contributed by atoms with Gasteiger partial charge in [0.2, 0.25) is 6.20 Å². The predicted octanol–water partition coefficient (Wildman–Crippen LogP) is 1.87. The smallest absolute Gasteiger partial charge is 0.204 e. The molecule has 0 aliphatic rings. The molecule has 9 heteroatoms. The monoisotopic (exact) mass is 358 g/mol. The SMILES string of the molecule is C[n+]1cc(-c2cnc3c(Nc4ccc(-n5cncn5)cc4)nccn23)c[nH]1. The zero-order valence-corrected chi connectivity index (χ0v) is 14.5. The standard InChI is InChI=1S/C18H15N9/c1-25-10-13(8-22-25)16-9-21-18-17(20-6-7-26(16)18)24-14-2-4-15(5-3-14)27-12-19-11-23-27/h2-12H,1H3,(H,20,24)/p+1. The van der Waals surface area contributed by atoms with Gasteiger partial charge in [0.05, 0.1) is 29.3 Å². The Bertz CT molecular complexity index is 1200. The lowest BCUT2D eigenvalue weighted by molar-refractivity contribution is -0.726. The normalized spacial score (nSPS) is 11.1. The molecule has 0 bridgehead atoms. The molecule has 2 N–H and O–H groups in total. The fourth-order valence-corrected chi connectivity index (χ4v) is 2.99. The van der Waals surface area contributed by atoms with Crippen LogP contribution in [0.2, 0.25) is 0 Å². The second-order valence-electron chi connectivity index (χ2n) is 6.09. The van der Waals surface area contributed by atoms with Crippen LogP contribution in [0.5, 0.6) is 0 Å². The van der Waals surface area contributed by atoms with Gasteiger partial charge in [0.25, 0.3) is 0 Å². The first-order valence-corrected chi connectivity index (χ1v) is 8.36. The highest BCUT2D eigenvalue weighted by Crippen LogP contribution is 2.24. The van der Waals surface area contributed by atoms with Crippen LogP contribution in [0.4, 0.5) is 11.5 Å². The summed E-state index contributed by atoms with van der Waals surface area (Å²) in [6, 6.07) is 7.87. The number of anilines is 2. The van der Waals surface area contributed by atoms with Gasteiger partial charge in [-0.1, -0.05) is 0 Å². The van der Waals surface area contributed by atoms with Gasteiger partial charge in [-0.25, -0.2) is 19.6 Å². The number of H-pyrrole nitrogens is 1. The highest BCUT2D eigenvalue weighted by atomic mass is 15.3. The summed E-state index contributed by atoms with van der Waals surface area (Å²) in [4.78, 5) is 13.0. The molecule has 132 valence electrons. The van der Waals surface area contributed by atoms with Crippen LogP contribution in [-0.2, 0) is 7.05 Å². The van der Waals surface area contributed by atoms with E-state index >= 15 is 0 Å². The molecule has 9 nitrogen and oxygen atoms in total. The molecule has 5 rings (SSSR count). The Labute approximate surface area is 154 Å². The van der Waals surface area contributed by atoms with Crippen molar-refractivity contribution in [1.82, 2.24) is 34.2 Å². The molecule has 0 saturated heterocycles. The van der Waals surface area contributed by atoms with Crippen molar-refractivity contribution >= 4 is 17.2 Å². The number of nitrogens with zero attached hydrogens (tertiary/aromatic N) is 7. The van der Waals surface area contributed by atoms with Gasteiger partial charge in [-0.3, -0.25) is 4.40 Å². The summed E-state index contributed by atoms with van der Waals surface area (Å²) in [5.74, 6) is 0.692. The van der Waals surface area contributed by atoms with Gasteiger partial charge >= 0.3 is 0 Å². The lowest BCUT2D eigenvalue weighted by Gasteiger charge is -2.08. The zero-order chi connectivity index (χ0) is 18.2. The van der Waals surface area contributed by atoms with E-state index in [1.807, 2.05) is 65.2 Å². The van der Waals surface area contributed by atoms with Crippen LogP contribution < -0.4 is 10.00 Å². The molecular formula is C18H16N9+. The van der Waals surface area contributed by atoms with Crippen LogP contribution in [0.15, 0.2) is 67.9 Å². The van der Waals surface area contributed by atoms with Gasteiger partial charge in [-0.05, 0) is 24.3 Å². The fourth-order valence-electron chi connectivity index (χ4n) is 2.99. The van der Waals surface area contributed by atoms with Crippen molar-refractivity contribution in [3.05, 3.63) is 67.9 Å². The lowest BCUT2D eigenvalue weighted by atomic mass is 10.3. The first-order chi connectivity index (χ1) is 13.3. The summed E-state index contributed by atoms with van der Waals surface area (Å²) in [5, 5.41) is 10.6. The van der Waals surface area contributed by atoms with E-state index in [0.29, 0.717) is 5.82 Å². The van der Waals surface area contributed by atoms with E-state index in [1.165, 1.54) is 6.33 Å². The maximum atomic E-state index is 4.55. The molecule has 4 aromatic heterocycles. The number of aryl methyl sites for hydroxylation is 1. The first kappa shape index (κ1) is 15.3. The van der Waals surface area contributed by atoms with E-state index < -0.39 is 0 Å². The third-order valence-electron chi connectivity index (χ3n) is 4.29. The average molecular weight is 358 g/mol. The minimum absolute atomic E-state index is 0.692. The zero-order valence-electron chi connectivity index (χ0n) is 14.5. The highest BCUT2D eigenvalue weighted by molar-refractivity contribution is 5.73. The van der Waals surface area contributed by atoms with Gasteiger partial charge < -0.3 is 5.32 Å². The third-order valence-corrected chi connectivity index (χ3v) is 4.29. The molecule has 0 unspecified atom stereocenters. The molecular weight excluding hydrogens is 342 g/mol. The van der Waals surface area contributed by atoms with Gasteiger partial charge in [0, 0.05) is 18.1 Å². The van der Waals surface area contributed by atoms with Crippen LogP contribution >= 0.6 is 0 Å². The van der Waals surface area contributed by atoms with Crippen molar-refractivity contribution in [3.8, 4) is 16.9 Å². The van der Waals surface area contributed by atoms with Crippen molar-refractivity contribution in [2.45, 2.75) is 0 Å². The van der Waals surface area contributed by atoms with Crippen molar-refractivity contribution < 1.29 is 4.68 Å². The molecule has 5 aromatic rings. The lowest BCUT2D eigenvalue weighted by Crippen LogP contribution is -2.27. The maximum absolute atomic E-state index is 4.55. The predicted molar refractivity (Wildman–Crippen MR) is 98.6 cm³/mol. The van der Waals surface area contributed by atoms with E-state index in [2.05, 4.69) is 30.5 Å². The molecule has 0 saturated carbocycles. The first-order valence-electron chi connectivity index (χ1n) is 8.36. The topological polar surface area (TPSA) is 92.6 Å². The molecule has 27 heavy (non-hydrogen) atoms. The Morgan fingerprint density at radius 3 is 2.78 bits per heavy atom. The third kappa shape index (κ3) is 2.71. The number of hydrogen-bond acceptors (Lipinski definition) is 5. The number of benzene rings is 1.